The average Bonchev–Trinajstić information content (AvgIpc) is 3.17. The molecule has 0 bridgehead atoms. The molecule has 4 rings (SSSR count). The predicted octanol–water partition coefficient (Wildman–Crippen LogP) is 1.76. The van der Waals surface area contributed by atoms with Crippen molar-refractivity contribution in [2.24, 2.45) is 0 Å². The van der Waals surface area contributed by atoms with Gasteiger partial charge in [0.1, 0.15) is 0 Å². The standard InChI is InChI=1S/C20H17N5O3/c26-18(14-5-4-8-21-12-14)20(28)24-9-10-25-16(13-24)11-17(23-25)19(27)22-15-6-2-1-3-7-15/h1-8,11-12H,9-10,13H2,(H,22,27). The smallest absolute Gasteiger partial charge is 0.295 e. The van der Waals surface area contributed by atoms with Crippen molar-refractivity contribution in [3.63, 3.8) is 0 Å². The van der Waals surface area contributed by atoms with E-state index < -0.39 is 11.7 Å². The molecule has 8 heteroatoms. The molecule has 0 fully saturated rings. The number of pyridine rings is 1. The summed E-state index contributed by atoms with van der Waals surface area (Å²) in [5.41, 5.74) is 1.91. The number of para-hydroxylation sites is 1. The number of hydrogen-bond donors (Lipinski definition) is 1. The number of amides is 2. The van der Waals surface area contributed by atoms with Gasteiger partial charge in [-0.05, 0) is 30.3 Å². The van der Waals surface area contributed by atoms with Gasteiger partial charge in [0, 0.05) is 30.2 Å². The SMILES string of the molecule is O=C(C(=O)N1CCn2nc(C(=O)Nc3ccccc3)cc2C1)c1cccnc1. The Morgan fingerprint density at radius 3 is 2.57 bits per heavy atom. The summed E-state index contributed by atoms with van der Waals surface area (Å²) in [6.07, 6.45) is 2.92. The minimum Gasteiger partial charge on any atom is -0.328 e. The molecule has 0 aliphatic carbocycles. The summed E-state index contributed by atoms with van der Waals surface area (Å²) in [4.78, 5) is 42.6. The first-order valence-electron chi connectivity index (χ1n) is 8.78. The lowest BCUT2D eigenvalue weighted by atomic mass is 10.1. The fourth-order valence-electron chi connectivity index (χ4n) is 3.03. The van der Waals surface area contributed by atoms with E-state index in [1.165, 1.54) is 11.1 Å². The van der Waals surface area contributed by atoms with E-state index in [-0.39, 0.29) is 23.7 Å². The number of aromatic nitrogens is 3. The monoisotopic (exact) mass is 375 g/mol. The van der Waals surface area contributed by atoms with Crippen LogP contribution >= 0.6 is 0 Å². The summed E-state index contributed by atoms with van der Waals surface area (Å²) in [7, 11) is 0. The predicted molar refractivity (Wildman–Crippen MR) is 101 cm³/mol. The summed E-state index contributed by atoms with van der Waals surface area (Å²) in [6.45, 7) is 0.982. The summed E-state index contributed by atoms with van der Waals surface area (Å²) in [6, 6.07) is 13.9. The lowest BCUT2D eigenvalue weighted by Crippen LogP contribution is -2.42. The van der Waals surface area contributed by atoms with E-state index >= 15 is 0 Å². The van der Waals surface area contributed by atoms with Gasteiger partial charge in [-0.25, -0.2) is 0 Å². The van der Waals surface area contributed by atoms with Crippen LogP contribution < -0.4 is 5.32 Å². The van der Waals surface area contributed by atoms with Crippen molar-refractivity contribution in [2.45, 2.75) is 13.1 Å². The number of ketones is 1. The number of rotatable bonds is 4. The molecular formula is C20H17N5O3. The van der Waals surface area contributed by atoms with Crippen molar-refractivity contribution in [3.05, 3.63) is 77.9 Å². The highest BCUT2D eigenvalue weighted by Gasteiger charge is 2.28. The number of carbonyl (C=O) groups excluding carboxylic acids is 3. The van der Waals surface area contributed by atoms with Crippen molar-refractivity contribution < 1.29 is 14.4 Å². The third kappa shape index (κ3) is 3.52. The topological polar surface area (TPSA) is 97.2 Å². The van der Waals surface area contributed by atoms with Crippen LogP contribution in [0.15, 0.2) is 60.9 Å². The van der Waals surface area contributed by atoms with Gasteiger partial charge in [0.25, 0.3) is 17.6 Å². The number of fused-ring (bicyclic) bond motifs is 1. The Kier molecular flexibility index (Phi) is 4.67. The number of hydrogen-bond acceptors (Lipinski definition) is 5. The molecule has 0 spiro atoms. The molecule has 1 aromatic carbocycles. The molecule has 2 amide bonds. The van der Waals surface area contributed by atoms with E-state index in [0.29, 0.717) is 24.5 Å². The van der Waals surface area contributed by atoms with E-state index in [0.717, 1.165) is 0 Å². The Morgan fingerprint density at radius 2 is 1.82 bits per heavy atom. The second-order valence-electron chi connectivity index (χ2n) is 6.36. The van der Waals surface area contributed by atoms with Crippen molar-refractivity contribution in [1.82, 2.24) is 19.7 Å². The molecule has 3 heterocycles. The fourth-order valence-corrected chi connectivity index (χ4v) is 3.03. The van der Waals surface area contributed by atoms with Crippen molar-refractivity contribution in [3.8, 4) is 0 Å². The van der Waals surface area contributed by atoms with Gasteiger partial charge in [-0.15, -0.1) is 0 Å². The summed E-state index contributed by atoms with van der Waals surface area (Å²) in [5, 5.41) is 7.10. The maximum atomic E-state index is 12.5. The first kappa shape index (κ1) is 17.6. The maximum absolute atomic E-state index is 12.5. The zero-order valence-electron chi connectivity index (χ0n) is 14.9. The van der Waals surface area contributed by atoms with Gasteiger partial charge in [0.05, 0.1) is 18.8 Å². The first-order valence-corrected chi connectivity index (χ1v) is 8.78. The minimum absolute atomic E-state index is 0.219. The summed E-state index contributed by atoms with van der Waals surface area (Å²) in [5.74, 6) is -1.50. The number of nitrogens with one attached hydrogen (secondary N) is 1. The van der Waals surface area contributed by atoms with E-state index in [4.69, 9.17) is 0 Å². The average molecular weight is 375 g/mol. The molecule has 8 nitrogen and oxygen atoms in total. The molecule has 3 aromatic rings. The molecule has 1 aliphatic rings. The zero-order valence-corrected chi connectivity index (χ0v) is 14.9. The van der Waals surface area contributed by atoms with Crippen molar-refractivity contribution >= 4 is 23.3 Å². The van der Waals surface area contributed by atoms with Gasteiger partial charge in [-0.3, -0.25) is 24.0 Å². The van der Waals surface area contributed by atoms with E-state index in [9.17, 15) is 14.4 Å². The summed E-state index contributed by atoms with van der Waals surface area (Å²) >= 11 is 0. The number of carbonyl (C=O) groups is 3. The third-order valence-corrected chi connectivity index (χ3v) is 4.47. The molecule has 1 N–H and O–H groups in total. The number of nitrogens with zero attached hydrogens (tertiary/aromatic N) is 4. The molecule has 0 unspecified atom stereocenters. The highest BCUT2D eigenvalue weighted by Crippen LogP contribution is 2.16. The zero-order chi connectivity index (χ0) is 19.5. The molecule has 0 saturated carbocycles. The molecule has 28 heavy (non-hydrogen) atoms. The Balaban J connectivity index is 1.46. The van der Waals surface area contributed by atoms with Gasteiger partial charge >= 0.3 is 0 Å². The first-order chi connectivity index (χ1) is 13.6. The van der Waals surface area contributed by atoms with E-state index in [2.05, 4.69) is 15.4 Å². The highest BCUT2D eigenvalue weighted by atomic mass is 16.2. The van der Waals surface area contributed by atoms with Crippen molar-refractivity contribution in [1.29, 1.82) is 0 Å². The summed E-state index contributed by atoms with van der Waals surface area (Å²) < 4.78 is 1.69. The van der Waals surface area contributed by atoms with E-state index in [1.54, 1.807) is 41.2 Å². The molecule has 140 valence electrons. The van der Waals surface area contributed by atoms with Crippen LogP contribution in [-0.4, -0.2) is 43.8 Å². The number of anilines is 1. The molecule has 0 saturated heterocycles. The van der Waals surface area contributed by atoms with Crippen LogP contribution in [0.3, 0.4) is 0 Å². The minimum atomic E-state index is -0.594. The lowest BCUT2D eigenvalue weighted by molar-refractivity contribution is -0.127. The van der Waals surface area contributed by atoms with Crippen molar-refractivity contribution in [2.75, 3.05) is 11.9 Å². The molecule has 2 aromatic heterocycles. The molecule has 0 radical (unpaired) electrons. The quantitative estimate of drug-likeness (QED) is 0.554. The van der Waals surface area contributed by atoms with Crippen LogP contribution in [0, 0.1) is 0 Å². The Morgan fingerprint density at radius 1 is 1.00 bits per heavy atom. The largest absolute Gasteiger partial charge is 0.328 e. The van der Waals surface area contributed by atoms with Gasteiger partial charge in [-0.1, -0.05) is 18.2 Å². The normalized spacial score (nSPS) is 12.9. The number of Topliss-reactive ketones (excluding diaryl/α,β-unsaturated/α-hetero) is 1. The number of benzene rings is 1. The van der Waals surface area contributed by atoms with Gasteiger partial charge in [0.15, 0.2) is 5.69 Å². The molecule has 1 aliphatic heterocycles. The fraction of sp³-hybridized carbons (Fsp3) is 0.150. The third-order valence-electron chi connectivity index (χ3n) is 4.47. The second-order valence-corrected chi connectivity index (χ2v) is 6.36. The maximum Gasteiger partial charge on any atom is 0.295 e. The van der Waals surface area contributed by atoms with Gasteiger partial charge < -0.3 is 10.2 Å². The van der Waals surface area contributed by atoms with Crippen LogP contribution in [0.1, 0.15) is 26.5 Å². The van der Waals surface area contributed by atoms with Crippen LogP contribution in [0.4, 0.5) is 5.69 Å². The highest BCUT2D eigenvalue weighted by molar-refractivity contribution is 6.42. The Bertz CT molecular complexity index is 1030. The van der Waals surface area contributed by atoms with Crippen LogP contribution in [0.5, 0.6) is 0 Å². The Hall–Kier alpha value is -3.81. The Labute approximate surface area is 160 Å². The lowest BCUT2D eigenvalue weighted by Gasteiger charge is -2.26. The van der Waals surface area contributed by atoms with Crippen LogP contribution in [0.25, 0.3) is 0 Å². The van der Waals surface area contributed by atoms with Gasteiger partial charge in [0.2, 0.25) is 0 Å². The van der Waals surface area contributed by atoms with E-state index in [1.807, 2.05) is 18.2 Å². The second kappa shape index (κ2) is 7.43. The van der Waals surface area contributed by atoms with Crippen LogP contribution in [0.2, 0.25) is 0 Å². The molecule has 0 atom stereocenters. The van der Waals surface area contributed by atoms with Gasteiger partial charge in [-0.2, -0.15) is 5.10 Å². The molecular weight excluding hydrogens is 358 g/mol. The van der Waals surface area contributed by atoms with Crippen LogP contribution in [-0.2, 0) is 17.9 Å².